The van der Waals surface area contributed by atoms with Gasteiger partial charge in [-0.25, -0.2) is 26.9 Å². The molecule has 1 aliphatic carbocycles. The van der Waals surface area contributed by atoms with Crippen LogP contribution in [0.5, 0.6) is 0 Å². The van der Waals surface area contributed by atoms with E-state index in [0.29, 0.717) is 34.9 Å². The van der Waals surface area contributed by atoms with Gasteiger partial charge in [-0.1, -0.05) is 11.3 Å². The topological polar surface area (TPSA) is 145 Å². The fourth-order valence-corrected chi connectivity index (χ4v) is 6.09. The van der Waals surface area contributed by atoms with E-state index < -0.39 is 38.5 Å². The minimum Gasteiger partial charge on any atom is -0.367 e. The number of pyridine rings is 1. The monoisotopic (exact) mass is 527 g/mol. The third-order valence-corrected chi connectivity index (χ3v) is 8.79. The normalized spacial score (nSPS) is 22.1. The zero-order chi connectivity index (χ0) is 25.2. The van der Waals surface area contributed by atoms with Crippen LogP contribution in [-0.4, -0.2) is 64.7 Å². The highest BCUT2D eigenvalue weighted by Gasteiger charge is 2.42. The van der Waals surface area contributed by atoms with Crippen LogP contribution in [-0.2, 0) is 19.6 Å². The number of nitrogens with one attached hydrogen (secondary N) is 1. The molecule has 1 saturated heterocycles. The number of hydrogen-bond acceptors (Lipinski definition) is 9. The summed E-state index contributed by atoms with van der Waals surface area (Å²) in [5, 5.41) is 7.09. The molecule has 1 saturated carbocycles. The van der Waals surface area contributed by atoms with Crippen LogP contribution in [0.15, 0.2) is 23.4 Å². The molecule has 15 heteroatoms. The molecular weight excluding hydrogens is 504 g/mol. The Hall–Kier alpha value is -2.75. The number of halogens is 2. The van der Waals surface area contributed by atoms with Crippen molar-refractivity contribution in [1.29, 1.82) is 0 Å². The van der Waals surface area contributed by atoms with Gasteiger partial charge in [0.15, 0.2) is 21.3 Å². The number of rotatable bonds is 7. The van der Waals surface area contributed by atoms with E-state index in [-0.39, 0.29) is 23.1 Å². The fraction of sp³-hybridized carbons (Fsp3) is 0.500. The molecule has 0 bridgehead atoms. The Bertz CT molecular complexity index is 1420. The fourth-order valence-electron chi connectivity index (χ4n) is 3.91. The summed E-state index contributed by atoms with van der Waals surface area (Å²) in [7, 11) is -3.94. The second-order valence-corrected chi connectivity index (χ2v) is 11.9. The van der Waals surface area contributed by atoms with E-state index in [4.69, 9.17) is 10.5 Å². The van der Waals surface area contributed by atoms with Gasteiger partial charge in [0.25, 0.3) is 12.3 Å². The molecule has 3 aromatic heterocycles. The molecule has 4 heterocycles. The summed E-state index contributed by atoms with van der Waals surface area (Å²) < 4.78 is 62.6. The van der Waals surface area contributed by atoms with Crippen LogP contribution in [0.25, 0.3) is 16.3 Å². The van der Waals surface area contributed by atoms with Crippen LogP contribution < -0.4 is 15.4 Å². The summed E-state index contributed by atoms with van der Waals surface area (Å²) in [5.41, 5.74) is 4.84. The first-order valence-electron chi connectivity index (χ1n) is 10.8. The number of alkyl halides is 2. The molecule has 188 valence electrons. The lowest BCUT2D eigenvalue weighted by Crippen LogP contribution is -2.57. The lowest BCUT2D eigenvalue weighted by molar-refractivity contribution is -0.142. The number of ether oxygens (including phenoxy) is 1. The van der Waals surface area contributed by atoms with Gasteiger partial charge in [-0.05, 0) is 32.8 Å². The molecule has 35 heavy (non-hydrogen) atoms. The number of carbonyl (C=O) groups is 1. The molecule has 2 fully saturated rings. The van der Waals surface area contributed by atoms with Crippen LogP contribution in [0, 0.1) is 0 Å². The van der Waals surface area contributed by atoms with E-state index in [1.165, 1.54) is 22.9 Å². The standard InChI is InChI=1S/C20H23F2N7O4S2/c1-19(3-4-19)27-35(31,32)11-7-12(28-5-6-33-20(2,10-28)18(23)30)15-24-8-13(29(15)9-11)16-25-26-17(34-16)14(21)22/h7-9,14,27H,3-6,10H2,1-2H3,(H2,23,30)/t20-/m1/s1. The number of amides is 1. The number of sulfonamides is 1. The highest BCUT2D eigenvalue weighted by molar-refractivity contribution is 7.89. The Morgan fingerprint density at radius 3 is 2.69 bits per heavy atom. The molecule has 0 spiro atoms. The van der Waals surface area contributed by atoms with Gasteiger partial charge in [-0.3, -0.25) is 9.20 Å². The Balaban J connectivity index is 1.66. The van der Waals surface area contributed by atoms with E-state index in [9.17, 15) is 22.0 Å². The second-order valence-electron chi connectivity index (χ2n) is 9.18. The zero-order valence-corrected chi connectivity index (χ0v) is 20.5. The first-order chi connectivity index (χ1) is 16.4. The molecule has 0 aromatic carbocycles. The predicted molar refractivity (Wildman–Crippen MR) is 123 cm³/mol. The van der Waals surface area contributed by atoms with Crippen molar-refractivity contribution >= 4 is 38.6 Å². The number of hydrogen-bond donors (Lipinski definition) is 2. The molecule has 3 N–H and O–H groups in total. The maximum atomic E-state index is 13.3. The van der Waals surface area contributed by atoms with Gasteiger partial charge in [-0.2, -0.15) is 0 Å². The molecule has 0 radical (unpaired) electrons. The Kier molecular flexibility index (Phi) is 5.58. The average molecular weight is 528 g/mol. The lowest BCUT2D eigenvalue weighted by atomic mass is 10.0. The quantitative estimate of drug-likeness (QED) is 0.472. The molecule has 2 aliphatic rings. The van der Waals surface area contributed by atoms with Crippen molar-refractivity contribution in [2.75, 3.05) is 24.6 Å². The summed E-state index contributed by atoms with van der Waals surface area (Å²) in [6.07, 6.45) is 1.47. The number of nitrogens with two attached hydrogens (primary N) is 1. The molecule has 0 unspecified atom stereocenters. The number of carbonyl (C=O) groups excluding carboxylic acids is 1. The molecule has 1 aliphatic heterocycles. The van der Waals surface area contributed by atoms with Crippen molar-refractivity contribution in [3.8, 4) is 10.7 Å². The van der Waals surface area contributed by atoms with Crippen molar-refractivity contribution in [3.63, 3.8) is 0 Å². The first kappa shape index (κ1) is 24.0. The van der Waals surface area contributed by atoms with Crippen LogP contribution >= 0.6 is 11.3 Å². The smallest absolute Gasteiger partial charge is 0.291 e. The minimum atomic E-state index is -3.94. The Morgan fingerprint density at radius 2 is 2.06 bits per heavy atom. The summed E-state index contributed by atoms with van der Waals surface area (Å²) in [6.45, 7) is 3.99. The number of nitrogens with zero attached hydrogens (tertiary/aromatic N) is 5. The molecule has 5 rings (SSSR count). The number of morpholine rings is 1. The minimum absolute atomic E-state index is 0.0433. The predicted octanol–water partition coefficient (Wildman–Crippen LogP) is 1.70. The highest BCUT2D eigenvalue weighted by Crippen LogP contribution is 2.38. The van der Waals surface area contributed by atoms with Crippen molar-refractivity contribution in [3.05, 3.63) is 23.5 Å². The van der Waals surface area contributed by atoms with Crippen LogP contribution in [0.1, 0.15) is 38.1 Å². The maximum Gasteiger partial charge on any atom is 0.291 e. The van der Waals surface area contributed by atoms with Gasteiger partial charge in [0.2, 0.25) is 10.0 Å². The first-order valence-corrected chi connectivity index (χ1v) is 13.1. The van der Waals surface area contributed by atoms with Gasteiger partial charge < -0.3 is 15.4 Å². The third-order valence-electron chi connectivity index (χ3n) is 6.24. The summed E-state index contributed by atoms with van der Waals surface area (Å²) in [6, 6.07) is 1.48. The van der Waals surface area contributed by atoms with Gasteiger partial charge >= 0.3 is 0 Å². The van der Waals surface area contributed by atoms with Gasteiger partial charge in [0.1, 0.15) is 10.6 Å². The van der Waals surface area contributed by atoms with Crippen LogP contribution in [0.3, 0.4) is 0 Å². The van der Waals surface area contributed by atoms with Gasteiger partial charge in [0, 0.05) is 18.3 Å². The van der Waals surface area contributed by atoms with E-state index >= 15 is 0 Å². The third kappa shape index (κ3) is 4.37. The number of anilines is 1. The average Bonchev–Trinajstić information content (AvgIpc) is 3.18. The van der Waals surface area contributed by atoms with E-state index in [1.807, 2.05) is 6.92 Å². The number of fused-ring (bicyclic) bond motifs is 1. The maximum absolute atomic E-state index is 13.3. The zero-order valence-electron chi connectivity index (χ0n) is 18.9. The Morgan fingerprint density at radius 1 is 1.31 bits per heavy atom. The largest absolute Gasteiger partial charge is 0.367 e. The number of imidazole rings is 1. The van der Waals surface area contributed by atoms with Crippen molar-refractivity contribution in [2.24, 2.45) is 5.73 Å². The van der Waals surface area contributed by atoms with Crippen LogP contribution in [0.2, 0.25) is 0 Å². The van der Waals surface area contributed by atoms with Crippen molar-refractivity contribution < 1.29 is 26.7 Å². The van der Waals surface area contributed by atoms with Crippen molar-refractivity contribution in [2.45, 2.75) is 49.2 Å². The highest BCUT2D eigenvalue weighted by atomic mass is 32.2. The molecule has 1 amide bonds. The summed E-state index contributed by atoms with van der Waals surface area (Å²) in [4.78, 5) is 18.2. The van der Waals surface area contributed by atoms with E-state index in [1.54, 1.807) is 11.8 Å². The van der Waals surface area contributed by atoms with Gasteiger partial charge in [0.05, 0.1) is 25.0 Å². The summed E-state index contributed by atoms with van der Waals surface area (Å²) in [5.74, 6) is -0.650. The van der Waals surface area contributed by atoms with Crippen molar-refractivity contribution in [1.82, 2.24) is 24.3 Å². The van der Waals surface area contributed by atoms with E-state index in [2.05, 4.69) is 19.9 Å². The van der Waals surface area contributed by atoms with Crippen LogP contribution in [0.4, 0.5) is 14.5 Å². The molecular formula is C20H23F2N7O4S2. The molecule has 3 aromatic rings. The number of aromatic nitrogens is 4. The molecule has 1 atom stereocenters. The Labute approximate surface area is 203 Å². The molecule has 11 nitrogen and oxygen atoms in total. The van der Waals surface area contributed by atoms with E-state index in [0.717, 1.165) is 12.8 Å². The number of primary amides is 1. The lowest BCUT2D eigenvalue weighted by Gasteiger charge is -2.39. The SMILES string of the molecule is CC1(NS(=O)(=O)c2cc(N3CCO[C@@](C)(C(N)=O)C3)c3ncc(-c4nnc(C(F)F)s4)n3c2)CC1. The summed E-state index contributed by atoms with van der Waals surface area (Å²) >= 11 is 0.699. The second kappa shape index (κ2) is 8.15. The van der Waals surface area contributed by atoms with Gasteiger partial charge in [-0.15, -0.1) is 10.2 Å².